The fraction of sp³-hybridized carbons (Fsp3) is 0.571. The van der Waals surface area contributed by atoms with Gasteiger partial charge >= 0.3 is 0 Å². The summed E-state index contributed by atoms with van der Waals surface area (Å²) in [6.45, 7) is 5.02. The summed E-state index contributed by atoms with van der Waals surface area (Å²) in [5, 5.41) is 3.15. The average Bonchev–Trinajstić information content (AvgIpc) is 2.20. The highest BCUT2D eigenvalue weighted by molar-refractivity contribution is 5.27. The van der Waals surface area contributed by atoms with Gasteiger partial charge in [0.05, 0.1) is 6.20 Å². The molecule has 0 saturated heterocycles. The first-order valence-electron chi connectivity index (χ1n) is 3.48. The predicted molar refractivity (Wildman–Crippen MR) is 42.1 cm³/mol. The van der Waals surface area contributed by atoms with Gasteiger partial charge in [0.1, 0.15) is 0 Å². The van der Waals surface area contributed by atoms with E-state index in [4.69, 9.17) is 0 Å². The molecule has 0 saturated carbocycles. The number of nitrogens with one attached hydrogen (secondary N) is 1. The van der Waals surface area contributed by atoms with E-state index < -0.39 is 0 Å². The second-order valence-electron chi connectivity index (χ2n) is 2.31. The van der Waals surface area contributed by atoms with Gasteiger partial charge in [-0.2, -0.15) is 0 Å². The summed E-state index contributed by atoms with van der Waals surface area (Å²) in [4.78, 5) is 4.16. The lowest BCUT2D eigenvalue weighted by atomic mass is 10.5. The van der Waals surface area contributed by atoms with Crippen LogP contribution in [0.3, 0.4) is 0 Å². The Kier molecular flexibility index (Phi) is 1.94. The molecule has 0 aliphatic heterocycles. The van der Waals surface area contributed by atoms with E-state index in [1.807, 2.05) is 24.7 Å². The zero-order chi connectivity index (χ0) is 7.56. The van der Waals surface area contributed by atoms with E-state index in [1.165, 1.54) is 5.69 Å². The molecular weight excluding hydrogens is 126 g/mol. The minimum Gasteiger partial charge on any atom is -0.356 e. The van der Waals surface area contributed by atoms with Gasteiger partial charge in [-0.15, -0.1) is 0 Å². The smallest absolute Gasteiger partial charge is 0.202 e. The maximum atomic E-state index is 4.16. The van der Waals surface area contributed by atoms with Gasteiger partial charge in [-0.3, -0.25) is 0 Å². The molecule has 1 aromatic heterocycles. The highest BCUT2D eigenvalue weighted by Crippen LogP contribution is 2.04. The number of aryl methyl sites for hydroxylation is 1. The van der Waals surface area contributed by atoms with E-state index in [0.29, 0.717) is 0 Å². The van der Waals surface area contributed by atoms with Crippen molar-refractivity contribution in [3.8, 4) is 0 Å². The molecule has 0 fully saturated rings. The Morgan fingerprint density at radius 2 is 2.40 bits per heavy atom. The number of nitrogens with zero attached hydrogens (tertiary/aromatic N) is 2. The third-order valence-electron chi connectivity index (χ3n) is 1.56. The Morgan fingerprint density at radius 3 is 2.80 bits per heavy atom. The van der Waals surface area contributed by atoms with Crippen LogP contribution in [-0.2, 0) is 7.05 Å². The molecule has 1 rings (SSSR count). The van der Waals surface area contributed by atoms with Gasteiger partial charge < -0.3 is 9.88 Å². The van der Waals surface area contributed by atoms with Crippen molar-refractivity contribution in [1.82, 2.24) is 9.55 Å². The van der Waals surface area contributed by atoms with Gasteiger partial charge in [0, 0.05) is 19.3 Å². The molecule has 0 atom stereocenters. The molecule has 56 valence electrons. The van der Waals surface area contributed by atoms with Crippen LogP contribution in [0.5, 0.6) is 0 Å². The number of rotatable bonds is 2. The summed E-state index contributed by atoms with van der Waals surface area (Å²) in [7, 11) is 2.00. The monoisotopic (exact) mass is 139 g/mol. The van der Waals surface area contributed by atoms with Crippen LogP contribution in [0.15, 0.2) is 6.20 Å². The highest BCUT2D eigenvalue weighted by atomic mass is 15.2. The Hall–Kier alpha value is -0.990. The first-order valence-corrected chi connectivity index (χ1v) is 3.48. The largest absolute Gasteiger partial charge is 0.356 e. The van der Waals surface area contributed by atoms with E-state index in [2.05, 4.69) is 17.2 Å². The van der Waals surface area contributed by atoms with E-state index in [9.17, 15) is 0 Å². The lowest BCUT2D eigenvalue weighted by Crippen LogP contribution is -2.04. The molecule has 1 heterocycles. The summed E-state index contributed by atoms with van der Waals surface area (Å²) >= 11 is 0. The van der Waals surface area contributed by atoms with Gasteiger partial charge in [-0.1, -0.05) is 0 Å². The maximum absolute atomic E-state index is 4.16. The van der Waals surface area contributed by atoms with Crippen LogP contribution in [0.1, 0.15) is 12.6 Å². The topological polar surface area (TPSA) is 29.9 Å². The van der Waals surface area contributed by atoms with Crippen LogP contribution < -0.4 is 5.32 Å². The third kappa shape index (κ3) is 1.12. The minimum absolute atomic E-state index is 0.921. The molecule has 0 aliphatic rings. The maximum Gasteiger partial charge on any atom is 0.202 e. The van der Waals surface area contributed by atoms with Gasteiger partial charge in [0.15, 0.2) is 0 Å². The van der Waals surface area contributed by atoms with Gasteiger partial charge in [0.25, 0.3) is 0 Å². The summed E-state index contributed by atoms with van der Waals surface area (Å²) in [5.41, 5.74) is 1.18. The number of aromatic nitrogens is 2. The fourth-order valence-electron chi connectivity index (χ4n) is 0.817. The lowest BCUT2D eigenvalue weighted by Gasteiger charge is -2.02. The molecule has 0 amide bonds. The molecule has 10 heavy (non-hydrogen) atoms. The van der Waals surface area contributed by atoms with Crippen molar-refractivity contribution in [2.75, 3.05) is 11.9 Å². The highest BCUT2D eigenvalue weighted by Gasteiger charge is 1.98. The molecule has 0 aliphatic carbocycles. The Morgan fingerprint density at radius 1 is 1.70 bits per heavy atom. The fourth-order valence-corrected chi connectivity index (χ4v) is 0.817. The van der Waals surface area contributed by atoms with E-state index >= 15 is 0 Å². The van der Waals surface area contributed by atoms with Crippen molar-refractivity contribution >= 4 is 5.95 Å². The van der Waals surface area contributed by atoms with Crippen molar-refractivity contribution < 1.29 is 0 Å². The number of anilines is 1. The number of hydrogen-bond acceptors (Lipinski definition) is 2. The van der Waals surface area contributed by atoms with Crippen LogP contribution >= 0.6 is 0 Å². The summed E-state index contributed by atoms with van der Waals surface area (Å²) in [6.07, 6.45) is 1.86. The summed E-state index contributed by atoms with van der Waals surface area (Å²) < 4.78 is 2.03. The van der Waals surface area contributed by atoms with Gasteiger partial charge in [-0.05, 0) is 13.8 Å². The quantitative estimate of drug-likeness (QED) is 0.666. The number of imidazole rings is 1. The molecule has 3 heteroatoms. The van der Waals surface area contributed by atoms with Crippen molar-refractivity contribution in [3.63, 3.8) is 0 Å². The second kappa shape index (κ2) is 2.73. The third-order valence-corrected chi connectivity index (χ3v) is 1.56. The molecule has 0 spiro atoms. The van der Waals surface area contributed by atoms with Crippen LogP contribution in [0.4, 0.5) is 5.95 Å². The standard InChI is InChI=1S/C7H13N3/c1-4-8-7-9-5-6(2)10(7)3/h5H,4H2,1-3H3,(H,8,9). The molecule has 1 aromatic rings. The zero-order valence-electron chi connectivity index (χ0n) is 6.68. The van der Waals surface area contributed by atoms with Crippen LogP contribution in [0, 0.1) is 6.92 Å². The van der Waals surface area contributed by atoms with Crippen LogP contribution in [0.2, 0.25) is 0 Å². The molecular formula is C7H13N3. The van der Waals surface area contributed by atoms with Crippen LogP contribution in [0.25, 0.3) is 0 Å². The zero-order valence-corrected chi connectivity index (χ0v) is 6.68. The molecule has 0 aromatic carbocycles. The Bertz CT molecular complexity index is 215. The first kappa shape index (κ1) is 7.12. The minimum atomic E-state index is 0.921. The number of hydrogen-bond donors (Lipinski definition) is 1. The molecule has 0 unspecified atom stereocenters. The van der Waals surface area contributed by atoms with Crippen molar-refractivity contribution in [2.24, 2.45) is 7.05 Å². The SMILES string of the molecule is CCNc1ncc(C)n1C. The molecule has 3 nitrogen and oxygen atoms in total. The van der Waals surface area contributed by atoms with E-state index in [0.717, 1.165) is 12.5 Å². The van der Waals surface area contributed by atoms with Gasteiger partial charge in [-0.25, -0.2) is 4.98 Å². The average molecular weight is 139 g/mol. The van der Waals surface area contributed by atoms with Crippen LogP contribution in [-0.4, -0.2) is 16.1 Å². The first-order chi connectivity index (χ1) is 4.75. The molecule has 0 radical (unpaired) electrons. The van der Waals surface area contributed by atoms with Crippen molar-refractivity contribution in [2.45, 2.75) is 13.8 Å². The Labute approximate surface area is 61.1 Å². The summed E-state index contributed by atoms with van der Waals surface area (Å²) in [5.74, 6) is 0.944. The summed E-state index contributed by atoms with van der Waals surface area (Å²) in [6, 6.07) is 0. The Balaban J connectivity index is 2.83. The van der Waals surface area contributed by atoms with E-state index in [1.54, 1.807) is 0 Å². The second-order valence-corrected chi connectivity index (χ2v) is 2.31. The molecule has 0 bridgehead atoms. The lowest BCUT2D eigenvalue weighted by molar-refractivity contribution is 0.871. The molecule has 1 N–H and O–H groups in total. The predicted octanol–water partition coefficient (Wildman–Crippen LogP) is 1.16. The van der Waals surface area contributed by atoms with Gasteiger partial charge in [0.2, 0.25) is 5.95 Å². The van der Waals surface area contributed by atoms with Crippen molar-refractivity contribution in [1.29, 1.82) is 0 Å². The normalized spacial score (nSPS) is 9.90. The van der Waals surface area contributed by atoms with Crippen molar-refractivity contribution in [3.05, 3.63) is 11.9 Å². The van der Waals surface area contributed by atoms with E-state index in [-0.39, 0.29) is 0 Å².